The minimum Gasteiger partial charge on any atom is -0.495 e. The van der Waals surface area contributed by atoms with Crippen LogP contribution in [0.5, 0.6) is 5.75 Å². The fraction of sp³-hybridized carbons (Fsp3) is 0.389. The van der Waals surface area contributed by atoms with E-state index in [2.05, 4.69) is 28.6 Å². The zero-order chi connectivity index (χ0) is 20.1. The van der Waals surface area contributed by atoms with Crippen LogP contribution in [0.4, 0.5) is 11.4 Å². The second kappa shape index (κ2) is 8.61. The molecule has 0 radical (unpaired) electrons. The summed E-state index contributed by atoms with van der Waals surface area (Å²) in [6.07, 6.45) is 3.36. The number of nitro benzene ring substituents is 1. The van der Waals surface area contributed by atoms with E-state index in [1.807, 2.05) is 0 Å². The van der Waals surface area contributed by atoms with Crippen molar-refractivity contribution in [3.8, 4) is 5.75 Å². The van der Waals surface area contributed by atoms with E-state index in [-0.39, 0.29) is 30.1 Å². The fourth-order valence-electron chi connectivity index (χ4n) is 2.88. The number of hydrogen-bond donors (Lipinski definition) is 2. The number of ether oxygens (including phenoxy) is 1. The van der Waals surface area contributed by atoms with Crippen LogP contribution in [0.15, 0.2) is 28.8 Å². The van der Waals surface area contributed by atoms with Crippen molar-refractivity contribution in [3.05, 3.63) is 46.1 Å². The van der Waals surface area contributed by atoms with Crippen LogP contribution < -0.4 is 15.0 Å². The summed E-state index contributed by atoms with van der Waals surface area (Å²) in [4.78, 5) is 28.4. The predicted molar refractivity (Wildman–Crippen MR) is 100 cm³/mol. The Morgan fingerprint density at radius 1 is 1.46 bits per heavy atom. The molecule has 2 aromatic rings. The SMILES string of the molecule is COc1ccc([N+](=O)[O-])cc1NC(=O)CCc1nc(C2=CC[NH+](C)CC2)no1. The first-order chi connectivity index (χ1) is 13.5. The van der Waals surface area contributed by atoms with E-state index >= 15 is 0 Å². The molecule has 10 heteroatoms. The molecule has 0 spiro atoms. The minimum absolute atomic E-state index is 0.0966. The first kappa shape index (κ1) is 19.5. The Balaban J connectivity index is 1.59. The summed E-state index contributed by atoms with van der Waals surface area (Å²) in [5, 5.41) is 17.5. The van der Waals surface area contributed by atoms with Crippen molar-refractivity contribution < 1.29 is 23.9 Å². The molecule has 1 aromatic heterocycles. The molecule has 0 bridgehead atoms. The lowest BCUT2D eigenvalue weighted by Crippen LogP contribution is -3.09. The highest BCUT2D eigenvalue weighted by Gasteiger charge is 2.18. The number of anilines is 1. The van der Waals surface area contributed by atoms with E-state index in [9.17, 15) is 14.9 Å². The molecule has 2 heterocycles. The van der Waals surface area contributed by atoms with Gasteiger partial charge in [-0.25, -0.2) is 0 Å². The van der Waals surface area contributed by atoms with Gasteiger partial charge in [0.05, 0.1) is 37.9 Å². The predicted octanol–water partition coefficient (Wildman–Crippen LogP) is 0.859. The topological polar surface area (TPSA) is 125 Å². The lowest BCUT2D eigenvalue weighted by molar-refractivity contribution is -0.874. The Morgan fingerprint density at radius 2 is 2.29 bits per heavy atom. The van der Waals surface area contributed by atoms with Crippen molar-refractivity contribution in [1.82, 2.24) is 10.1 Å². The third-order valence-electron chi connectivity index (χ3n) is 4.51. The van der Waals surface area contributed by atoms with E-state index in [0.717, 1.165) is 25.1 Å². The molecule has 1 aliphatic heterocycles. The number of nitro groups is 1. The normalized spacial score (nSPS) is 16.4. The molecule has 1 aliphatic rings. The maximum absolute atomic E-state index is 12.2. The number of carbonyl (C=O) groups excluding carboxylic acids is 1. The van der Waals surface area contributed by atoms with Gasteiger partial charge in [-0.2, -0.15) is 4.98 Å². The van der Waals surface area contributed by atoms with Crippen molar-refractivity contribution in [2.45, 2.75) is 19.3 Å². The lowest BCUT2D eigenvalue weighted by Gasteiger charge is -2.17. The van der Waals surface area contributed by atoms with Crippen LogP contribution in [0.2, 0.25) is 0 Å². The summed E-state index contributed by atoms with van der Waals surface area (Å²) in [6.45, 7) is 1.94. The molecule has 0 aliphatic carbocycles. The van der Waals surface area contributed by atoms with Crippen LogP contribution in [-0.2, 0) is 11.2 Å². The van der Waals surface area contributed by atoms with Gasteiger partial charge < -0.3 is 19.5 Å². The molecule has 3 rings (SSSR count). The number of nitrogens with zero attached hydrogens (tertiary/aromatic N) is 3. The molecule has 1 aromatic carbocycles. The fourth-order valence-corrected chi connectivity index (χ4v) is 2.88. The molecule has 28 heavy (non-hydrogen) atoms. The monoisotopic (exact) mass is 388 g/mol. The third kappa shape index (κ3) is 4.71. The zero-order valence-electron chi connectivity index (χ0n) is 15.7. The number of hydrogen-bond acceptors (Lipinski definition) is 7. The molecule has 1 atom stereocenters. The van der Waals surface area contributed by atoms with Crippen molar-refractivity contribution >= 4 is 22.9 Å². The number of rotatable bonds is 7. The number of carbonyl (C=O) groups is 1. The number of quaternary nitrogens is 1. The number of amides is 1. The summed E-state index contributed by atoms with van der Waals surface area (Å²) in [5.41, 5.74) is 1.17. The lowest BCUT2D eigenvalue weighted by atomic mass is 10.1. The molecular formula is C18H22N5O5+. The van der Waals surface area contributed by atoms with E-state index < -0.39 is 4.92 Å². The van der Waals surface area contributed by atoms with Gasteiger partial charge in [-0.05, 0) is 12.1 Å². The summed E-state index contributed by atoms with van der Waals surface area (Å²) in [7, 11) is 3.56. The summed E-state index contributed by atoms with van der Waals surface area (Å²) in [6, 6.07) is 4.01. The molecule has 0 saturated heterocycles. The molecule has 148 valence electrons. The average molecular weight is 388 g/mol. The van der Waals surface area contributed by atoms with E-state index in [1.54, 1.807) is 0 Å². The van der Waals surface area contributed by atoms with Gasteiger partial charge in [0, 0.05) is 37.0 Å². The van der Waals surface area contributed by atoms with Crippen LogP contribution in [0, 0.1) is 10.1 Å². The highest BCUT2D eigenvalue weighted by atomic mass is 16.6. The van der Waals surface area contributed by atoms with Gasteiger partial charge in [0.2, 0.25) is 11.8 Å². The smallest absolute Gasteiger partial charge is 0.271 e. The molecule has 2 N–H and O–H groups in total. The van der Waals surface area contributed by atoms with Crippen LogP contribution in [-0.4, -0.2) is 48.2 Å². The summed E-state index contributed by atoms with van der Waals surface area (Å²) in [5.74, 6) is 0.961. The Hall–Kier alpha value is -3.27. The number of likely N-dealkylation sites (N-methyl/N-ethyl adjacent to an activating group) is 1. The zero-order valence-corrected chi connectivity index (χ0v) is 15.7. The van der Waals surface area contributed by atoms with Crippen LogP contribution in [0.25, 0.3) is 5.57 Å². The maximum Gasteiger partial charge on any atom is 0.271 e. The third-order valence-corrected chi connectivity index (χ3v) is 4.51. The quantitative estimate of drug-likeness (QED) is 0.532. The molecule has 0 saturated carbocycles. The average Bonchev–Trinajstić information content (AvgIpc) is 3.16. The maximum atomic E-state index is 12.2. The largest absolute Gasteiger partial charge is 0.495 e. The Morgan fingerprint density at radius 3 is 2.96 bits per heavy atom. The molecule has 0 fully saturated rings. The van der Waals surface area contributed by atoms with Crippen LogP contribution in [0.1, 0.15) is 24.6 Å². The highest BCUT2D eigenvalue weighted by Crippen LogP contribution is 2.29. The van der Waals surface area contributed by atoms with Gasteiger partial charge in [0.15, 0.2) is 5.82 Å². The van der Waals surface area contributed by atoms with E-state index in [4.69, 9.17) is 9.26 Å². The van der Waals surface area contributed by atoms with Crippen molar-refractivity contribution in [1.29, 1.82) is 0 Å². The first-order valence-electron chi connectivity index (χ1n) is 8.92. The molecular weight excluding hydrogens is 366 g/mol. The van der Waals surface area contributed by atoms with Crippen molar-refractivity contribution in [2.24, 2.45) is 0 Å². The van der Waals surface area contributed by atoms with Gasteiger partial charge in [0.25, 0.3) is 5.69 Å². The van der Waals surface area contributed by atoms with Crippen molar-refractivity contribution in [3.63, 3.8) is 0 Å². The molecule has 1 unspecified atom stereocenters. The van der Waals surface area contributed by atoms with Crippen LogP contribution >= 0.6 is 0 Å². The number of aromatic nitrogens is 2. The Kier molecular flexibility index (Phi) is 5.99. The van der Waals surface area contributed by atoms with Gasteiger partial charge in [0.1, 0.15) is 5.75 Å². The Bertz CT molecular complexity index is 908. The number of non-ortho nitro benzene ring substituents is 1. The molecule has 10 nitrogen and oxygen atoms in total. The second-order valence-corrected chi connectivity index (χ2v) is 6.59. The highest BCUT2D eigenvalue weighted by molar-refractivity contribution is 5.92. The van der Waals surface area contributed by atoms with E-state index in [0.29, 0.717) is 17.5 Å². The summed E-state index contributed by atoms with van der Waals surface area (Å²) < 4.78 is 10.4. The summed E-state index contributed by atoms with van der Waals surface area (Å²) >= 11 is 0. The van der Waals surface area contributed by atoms with Gasteiger partial charge in [-0.1, -0.05) is 5.16 Å². The number of nitrogens with one attached hydrogen (secondary N) is 2. The Labute approximate surface area is 161 Å². The standard InChI is InChI=1S/C18H21N5O5/c1-22-9-7-12(8-10-22)18-20-17(28-21-18)6-5-16(24)19-14-11-13(23(25)26)3-4-15(14)27-2/h3-4,7,11H,5-6,8-10H2,1-2H3,(H,19,24)/p+1. The van der Waals surface area contributed by atoms with Gasteiger partial charge in [-0.15, -0.1) is 0 Å². The molecule has 1 amide bonds. The number of benzene rings is 1. The first-order valence-corrected chi connectivity index (χ1v) is 8.92. The second-order valence-electron chi connectivity index (χ2n) is 6.59. The van der Waals surface area contributed by atoms with E-state index in [1.165, 1.54) is 30.2 Å². The van der Waals surface area contributed by atoms with Crippen molar-refractivity contribution in [2.75, 3.05) is 32.6 Å². The number of aryl methyl sites for hydroxylation is 1. The van der Waals surface area contributed by atoms with Gasteiger partial charge in [-0.3, -0.25) is 14.9 Å². The van der Waals surface area contributed by atoms with Gasteiger partial charge >= 0.3 is 0 Å². The minimum atomic E-state index is -0.533. The number of methoxy groups -OCH3 is 1. The van der Waals surface area contributed by atoms with Crippen LogP contribution in [0.3, 0.4) is 0 Å².